The Bertz CT molecular complexity index is 635. The van der Waals surface area contributed by atoms with E-state index < -0.39 is 5.54 Å². The smallest absolute Gasteiger partial charge is 0.323 e. The fraction of sp³-hybridized carbons (Fsp3) is 0.579. The summed E-state index contributed by atoms with van der Waals surface area (Å²) in [7, 11) is 2.03. The van der Waals surface area contributed by atoms with Crippen molar-refractivity contribution in [3.8, 4) is 0 Å². The summed E-state index contributed by atoms with van der Waals surface area (Å²) in [5.74, 6) is 0.618. The summed E-state index contributed by atoms with van der Waals surface area (Å²) >= 11 is 0. The number of carbonyl (C=O) groups excluding carboxylic acids is 2. The molecule has 24 heavy (non-hydrogen) atoms. The Hall–Kier alpha value is -1.88. The van der Waals surface area contributed by atoms with Gasteiger partial charge in [-0.25, -0.2) is 9.69 Å². The standard InChI is InChI=1S/C19H27N3O2/c1-14-8-10-19(11-9-14)17(23)22(18(24)20-19)13-21(3)12-16-7-5-4-6-15(16)2/h4-7,14H,8-13H2,1-3H3,(H,20,24)/p+1. The third kappa shape index (κ3) is 3.18. The molecule has 0 aromatic heterocycles. The van der Waals surface area contributed by atoms with E-state index in [0.29, 0.717) is 12.6 Å². The van der Waals surface area contributed by atoms with E-state index >= 15 is 0 Å². The van der Waals surface area contributed by atoms with E-state index in [-0.39, 0.29) is 11.9 Å². The quantitative estimate of drug-likeness (QED) is 0.822. The van der Waals surface area contributed by atoms with E-state index in [1.807, 2.05) is 19.2 Å². The van der Waals surface area contributed by atoms with Crippen molar-refractivity contribution in [2.75, 3.05) is 13.7 Å². The summed E-state index contributed by atoms with van der Waals surface area (Å²) in [6.45, 7) is 5.52. The highest BCUT2D eigenvalue weighted by Gasteiger charge is 2.52. The van der Waals surface area contributed by atoms with Gasteiger partial charge in [-0.1, -0.05) is 31.2 Å². The van der Waals surface area contributed by atoms with Gasteiger partial charge in [0, 0.05) is 5.56 Å². The van der Waals surface area contributed by atoms with Crippen LogP contribution in [-0.4, -0.2) is 36.1 Å². The Morgan fingerprint density at radius 3 is 2.58 bits per heavy atom. The van der Waals surface area contributed by atoms with E-state index in [1.165, 1.54) is 16.0 Å². The van der Waals surface area contributed by atoms with Crippen molar-refractivity contribution in [1.29, 1.82) is 0 Å². The zero-order valence-electron chi connectivity index (χ0n) is 14.9. The molecule has 3 amide bonds. The maximum atomic E-state index is 12.9. The lowest BCUT2D eigenvalue weighted by atomic mass is 9.77. The van der Waals surface area contributed by atoms with Crippen molar-refractivity contribution in [2.24, 2.45) is 5.92 Å². The number of benzene rings is 1. The normalized spacial score (nSPS) is 28.3. The number of amides is 3. The molecule has 1 spiro atoms. The van der Waals surface area contributed by atoms with Gasteiger partial charge in [0.05, 0.1) is 7.05 Å². The number of quaternary nitrogens is 1. The number of rotatable bonds is 4. The molecule has 1 aliphatic carbocycles. The maximum absolute atomic E-state index is 12.9. The van der Waals surface area contributed by atoms with Crippen molar-refractivity contribution >= 4 is 11.9 Å². The van der Waals surface area contributed by atoms with Crippen LogP contribution in [-0.2, 0) is 11.3 Å². The van der Waals surface area contributed by atoms with E-state index in [1.54, 1.807) is 0 Å². The lowest BCUT2D eigenvalue weighted by Gasteiger charge is -2.33. The summed E-state index contributed by atoms with van der Waals surface area (Å²) in [6.07, 6.45) is 3.55. The van der Waals surface area contributed by atoms with Gasteiger partial charge in [-0.05, 0) is 44.1 Å². The number of hydrogen-bond acceptors (Lipinski definition) is 2. The van der Waals surface area contributed by atoms with Crippen LogP contribution >= 0.6 is 0 Å². The molecule has 3 rings (SSSR count). The molecule has 1 unspecified atom stereocenters. The molecule has 2 aliphatic rings. The predicted octanol–water partition coefficient (Wildman–Crippen LogP) is 1.47. The molecule has 1 aromatic carbocycles. The topological polar surface area (TPSA) is 53.9 Å². The molecule has 1 aliphatic heterocycles. The lowest BCUT2D eigenvalue weighted by Crippen LogP contribution is -3.09. The molecule has 1 saturated carbocycles. The Labute approximate surface area is 144 Å². The van der Waals surface area contributed by atoms with Crippen LogP contribution in [0, 0.1) is 12.8 Å². The van der Waals surface area contributed by atoms with Crippen molar-refractivity contribution in [3.05, 3.63) is 35.4 Å². The number of urea groups is 1. The molecular formula is C19H28N3O2+. The molecular weight excluding hydrogens is 302 g/mol. The summed E-state index contributed by atoms with van der Waals surface area (Å²) in [4.78, 5) is 27.8. The van der Waals surface area contributed by atoms with Gasteiger partial charge in [0.1, 0.15) is 12.1 Å². The van der Waals surface area contributed by atoms with E-state index in [2.05, 4.69) is 31.3 Å². The van der Waals surface area contributed by atoms with Crippen LogP contribution in [0.5, 0.6) is 0 Å². The molecule has 0 radical (unpaired) electrons. The fourth-order valence-electron chi connectivity index (χ4n) is 3.87. The van der Waals surface area contributed by atoms with Crippen LogP contribution in [0.3, 0.4) is 0 Å². The van der Waals surface area contributed by atoms with Crippen LogP contribution in [0.2, 0.25) is 0 Å². The first kappa shape index (κ1) is 17.0. The van der Waals surface area contributed by atoms with Gasteiger partial charge in [-0.3, -0.25) is 4.79 Å². The minimum Gasteiger partial charge on any atom is -0.323 e. The van der Waals surface area contributed by atoms with Crippen molar-refractivity contribution < 1.29 is 14.5 Å². The van der Waals surface area contributed by atoms with Gasteiger partial charge in [0.25, 0.3) is 5.91 Å². The Morgan fingerprint density at radius 1 is 1.25 bits per heavy atom. The van der Waals surface area contributed by atoms with Crippen molar-refractivity contribution in [1.82, 2.24) is 10.2 Å². The highest BCUT2D eigenvalue weighted by molar-refractivity contribution is 6.06. The van der Waals surface area contributed by atoms with Crippen LogP contribution in [0.1, 0.15) is 43.7 Å². The Morgan fingerprint density at radius 2 is 1.92 bits per heavy atom. The molecule has 0 bridgehead atoms. The molecule has 2 fully saturated rings. The zero-order valence-corrected chi connectivity index (χ0v) is 14.9. The second kappa shape index (κ2) is 6.55. The number of imide groups is 1. The average molecular weight is 330 g/mol. The van der Waals surface area contributed by atoms with Crippen LogP contribution in [0.15, 0.2) is 24.3 Å². The van der Waals surface area contributed by atoms with E-state index in [0.717, 1.165) is 37.1 Å². The van der Waals surface area contributed by atoms with Crippen LogP contribution < -0.4 is 10.2 Å². The molecule has 5 nitrogen and oxygen atoms in total. The predicted molar refractivity (Wildman–Crippen MR) is 92.4 cm³/mol. The molecule has 1 aromatic rings. The first-order valence-corrected chi connectivity index (χ1v) is 8.91. The largest absolute Gasteiger partial charge is 0.329 e. The highest BCUT2D eigenvalue weighted by atomic mass is 16.2. The second-order valence-corrected chi connectivity index (χ2v) is 7.65. The third-order valence-corrected chi connectivity index (χ3v) is 5.56. The van der Waals surface area contributed by atoms with Gasteiger partial charge in [-0.2, -0.15) is 0 Å². The Kier molecular flexibility index (Phi) is 4.63. The van der Waals surface area contributed by atoms with Gasteiger partial charge in [-0.15, -0.1) is 0 Å². The van der Waals surface area contributed by atoms with Gasteiger partial charge in [0.2, 0.25) is 0 Å². The highest BCUT2D eigenvalue weighted by Crippen LogP contribution is 2.35. The lowest BCUT2D eigenvalue weighted by molar-refractivity contribution is -0.901. The maximum Gasteiger partial charge on any atom is 0.329 e. The monoisotopic (exact) mass is 330 g/mol. The molecule has 1 saturated heterocycles. The summed E-state index contributed by atoms with van der Waals surface area (Å²) in [5.41, 5.74) is 1.86. The molecule has 2 N–H and O–H groups in total. The average Bonchev–Trinajstić information content (AvgIpc) is 2.77. The minimum absolute atomic E-state index is 0.0245. The van der Waals surface area contributed by atoms with Crippen LogP contribution in [0.4, 0.5) is 4.79 Å². The van der Waals surface area contributed by atoms with E-state index in [9.17, 15) is 9.59 Å². The summed E-state index contributed by atoms with van der Waals surface area (Å²) < 4.78 is 0. The second-order valence-electron chi connectivity index (χ2n) is 7.65. The zero-order chi connectivity index (χ0) is 17.3. The molecule has 1 atom stereocenters. The molecule has 130 valence electrons. The van der Waals surface area contributed by atoms with Gasteiger partial charge < -0.3 is 10.2 Å². The summed E-state index contributed by atoms with van der Waals surface area (Å²) in [6, 6.07) is 8.03. The SMILES string of the molecule is Cc1ccccc1C[NH+](C)CN1C(=O)NC2(CCC(C)CC2)C1=O. The first-order chi connectivity index (χ1) is 11.4. The third-order valence-electron chi connectivity index (χ3n) is 5.56. The number of aryl methyl sites for hydroxylation is 1. The van der Waals surface area contributed by atoms with Gasteiger partial charge in [0.15, 0.2) is 6.67 Å². The van der Waals surface area contributed by atoms with Crippen molar-refractivity contribution in [2.45, 2.75) is 51.6 Å². The number of nitrogens with zero attached hydrogens (tertiary/aromatic N) is 1. The van der Waals surface area contributed by atoms with Crippen LogP contribution in [0.25, 0.3) is 0 Å². The first-order valence-electron chi connectivity index (χ1n) is 8.91. The number of carbonyl (C=O) groups is 2. The number of hydrogen-bond donors (Lipinski definition) is 2. The van der Waals surface area contributed by atoms with Gasteiger partial charge >= 0.3 is 6.03 Å². The fourth-order valence-corrected chi connectivity index (χ4v) is 3.87. The number of nitrogens with one attached hydrogen (secondary N) is 2. The van der Waals surface area contributed by atoms with E-state index in [4.69, 9.17) is 0 Å². The summed E-state index contributed by atoms with van der Waals surface area (Å²) in [5, 5.41) is 2.99. The van der Waals surface area contributed by atoms with Crippen molar-refractivity contribution in [3.63, 3.8) is 0 Å². The molecule has 1 heterocycles. The Balaban J connectivity index is 1.66. The minimum atomic E-state index is -0.632. The molecule has 5 heteroatoms.